The van der Waals surface area contributed by atoms with Crippen molar-refractivity contribution in [3.63, 3.8) is 0 Å². The summed E-state index contributed by atoms with van der Waals surface area (Å²) in [5, 5.41) is 3.24. The lowest BCUT2D eigenvalue weighted by Gasteiger charge is -2.27. The largest absolute Gasteiger partial charge is 0.383 e. The van der Waals surface area contributed by atoms with Crippen molar-refractivity contribution in [3.8, 4) is 0 Å². The van der Waals surface area contributed by atoms with E-state index in [9.17, 15) is 0 Å². The number of aromatic amines is 1. The number of nitrogens with two attached hydrogens (primary N) is 1. The van der Waals surface area contributed by atoms with E-state index in [-0.39, 0.29) is 0 Å². The molecule has 0 saturated carbocycles. The van der Waals surface area contributed by atoms with E-state index in [0.717, 1.165) is 28.9 Å². The predicted molar refractivity (Wildman–Crippen MR) is 112 cm³/mol. The van der Waals surface area contributed by atoms with Crippen molar-refractivity contribution < 1.29 is 0 Å². The molecule has 4 nitrogen and oxygen atoms in total. The molecule has 1 atom stereocenters. The second-order valence-corrected chi connectivity index (χ2v) is 7.98. The lowest BCUT2D eigenvalue weighted by Crippen LogP contribution is -2.28. The topological polar surface area (TPSA) is 57.4 Å². The van der Waals surface area contributed by atoms with Crippen LogP contribution < -0.4 is 5.73 Å². The van der Waals surface area contributed by atoms with Gasteiger partial charge < -0.3 is 15.6 Å². The number of aliphatic imine (C=N–C) groups is 1. The van der Waals surface area contributed by atoms with Crippen LogP contribution in [0.1, 0.15) is 29.7 Å². The van der Waals surface area contributed by atoms with Crippen LogP contribution >= 0.6 is 11.3 Å². The number of nitrogens with one attached hydrogen (secondary N) is 1. The van der Waals surface area contributed by atoms with Crippen molar-refractivity contribution >= 4 is 39.3 Å². The van der Waals surface area contributed by atoms with E-state index in [1.165, 1.54) is 22.9 Å². The molecule has 134 valence electrons. The van der Waals surface area contributed by atoms with E-state index in [4.69, 9.17) is 5.73 Å². The predicted octanol–water partition coefficient (Wildman–Crippen LogP) is 4.76. The smallest absolute Gasteiger partial charge is 0.141 e. The van der Waals surface area contributed by atoms with E-state index in [0.29, 0.717) is 11.9 Å². The number of hydrogen-bond acceptors (Lipinski definition) is 3. The fraction of sp³-hybridized carbons (Fsp3) is 0.286. The summed E-state index contributed by atoms with van der Waals surface area (Å²) >= 11 is 1.61. The average molecular weight is 365 g/mol. The van der Waals surface area contributed by atoms with Crippen LogP contribution in [0.4, 0.5) is 5.69 Å². The lowest BCUT2D eigenvalue weighted by molar-refractivity contribution is 0.278. The SMILES string of the molecule is CN(C)[C@H]1CC=C(c2c[nH]c3ccc(N=C(N)c4cccs4)cc23)CC1. The van der Waals surface area contributed by atoms with Gasteiger partial charge in [0.15, 0.2) is 0 Å². The highest BCUT2D eigenvalue weighted by atomic mass is 32.1. The molecule has 0 bridgehead atoms. The van der Waals surface area contributed by atoms with Crippen LogP contribution in [0.3, 0.4) is 0 Å². The van der Waals surface area contributed by atoms with E-state index in [1.54, 1.807) is 11.3 Å². The number of benzene rings is 1. The standard InChI is InChI=1S/C21H24N4S/c1-25(2)16-8-5-14(6-9-16)18-13-23-19-10-7-15(12-17(18)19)24-21(22)20-4-3-11-26-20/h3-5,7,10-13,16,23H,6,8-9H2,1-2H3,(H2,22,24)/t16-/m0/s1. The molecule has 1 aliphatic rings. The summed E-state index contributed by atoms with van der Waals surface area (Å²) in [6.07, 6.45) is 7.95. The Morgan fingerprint density at radius 3 is 2.88 bits per heavy atom. The number of rotatable bonds is 4. The molecule has 0 saturated heterocycles. The van der Waals surface area contributed by atoms with Gasteiger partial charge in [-0.1, -0.05) is 12.1 Å². The van der Waals surface area contributed by atoms with Gasteiger partial charge in [-0.3, -0.25) is 0 Å². The number of amidine groups is 1. The molecule has 4 rings (SSSR count). The molecule has 3 N–H and O–H groups in total. The van der Waals surface area contributed by atoms with Crippen LogP contribution in [0.5, 0.6) is 0 Å². The van der Waals surface area contributed by atoms with E-state index in [1.807, 2.05) is 23.6 Å². The minimum Gasteiger partial charge on any atom is -0.383 e. The van der Waals surface area contributed by atoms with Crippen molar-refractivity contribution in [3.05, 3.63) is 58.4 Å². The Balaban J connectivity index is 1.67. The van der Waals surface area contributed by atoms with Crippen molar-refractivity contribution in [2.75, 3.05) is 14.1 Å². The summed E-state index contributed by atoms with van der Waals surface area (Å²) < 4.78 is 0. The summed E-state index contributed by atoms with van der Waals surface area (Å²) in [6, 6.07) is 10.9. The number of H-pyrrole nitrogens is 1. The Morgan fingerprint density at radius 1 is 1.31 bits per heavy atom. The van der Waals surface area contributed by atoms with Crippen molar-refractivity contribution in [2.45, 2.75) is 25.3 Å². The normalized spacial score (nSPS) is 18.5. The molecular formula is C21H24N4S. The van der Waals surface area contributed by atoms with Gasteiger partial charge in [0.1, 0.15) is 5.84 Å². The maximum absolute atomic E-state index is 6.15. The Bertz CT molecular complexity index is 963. The maximum atomic E-state index is 6.15. The number of allylic oxidation sites excluding steroid dienone is 1. The van der Waals surface area contributed by atoms with Crippen LogP contribution in [0.25, 0.3) is 16.5 Å². The van der Waals surface area contributed by atoms with Gasteiger partial charge in [-0.15, -0.1) is 11.3 Å². The first kappa shape index (κ1) is 17.1. The Kier molecular flexibility index (Phi) is 4.66. The van der Waals surface area contributed by atoms with Crippen molar-refractivity contribution in [2.24, 2.45) is 10.7 Å². The first-order chi connectivity index (χ1) is 12.6. The summed E-state index contributed by atoms with van der Waals surface area (Å²) in [5.41, 5.74) is 10.9. The van der Waals surface area contributed by atoms with Gasteiger partial charge in [-0.25, -0.2) is 4.99 Å². The first-order valence-corrected chi connectivity index (χ1v) is 9.85. The summed E-state index contributed by atoms with van der Waals surface area (Å²) in [5.74, 6) is 0.571. The summed E-state index contributed by atoms with van der Waals surface area (Å²) in [7, 11) is 4.33. The molecule has 0 unspecified atom stereocenters. The summed E-state index contributed by atoms with van der Waals surface area (Å²) in [4.78, 5) is 11.3. The molecule has 0 radical (unpaired) electrons. The molecule has 0 aliphatic heterocycles. The van der Waals surface area contributed by atoms with E-state index < -0.39 is 0 Å². The second kappa shape index (κ2) is 7.09. The third kappa shape index (κ3) is 3.32. The molecule has 1 aromatic carbocycles. The van der Waals surface area contributed by atoms with Crippen molar-refractivity contribution in [1.29, 1.82) is 0 Å². The van der Waals surface area contributed by atoms with Crippen LogP contribution in [-0.4, -0.2) is 35.9 Å². The first-order valence-electron chi connectivity index (χ1n) is 8.97. The molecule has 0 fully saturated rings. The molecule has 0 spiro atoms. The number of thiophene rings is 1. The summed E-state index contributed by atoms with van der Waals surface area (Å²) in [6.45, 7) is 0. The van der Waals surface area contributed by atoms with Crippen LogP contribution in [0.15, 0.2) is 53.0 Å². The molecule has 5 heteroatoms. The minimum atomic E-state index is 0.571. The third-order valence-electron chi connectivity index (χ3n) is 5.15. The zero-order valence-corrected chi connectivity index (χ0v) is 16.0. The van der Waals surface area contributed by atoms with Crippen LogP contribution in [-0.2, 0) is 0 Å². The van der Waals surface area contributed by atoms with Gasteiger partial charge in [0.05, 0.1) is 10.6 Å². The van der Waals surface area contributed by atoms with Gasteiger partial charge in [-0.2, -0.15) is 0 Å². The molecule has 2 aromatic heterocycles. The highest BCUT2D eigenvalue weighted by molar-refractivity contribution is 7.12. The van der Waals surface area contributed by atoms with Crippen molar-refractivity contribution in [1.82, 2.24) is 9.88 Å². The molecule has 2 heterocycles. The number of aromatic nitrogens is 1. The van der Waals surface area contributed by atoms with Gasteiger partial charge >= 0.3 is 0 Å². The fourth-order valence-electron chi connectivity index (χ4n) is 3.60. The Morgan fingerprint density at radius 2 is 2.19 bits per heavy atom. The van der Waals surface area contributed by atoms with Gasteiger partial charge in [-0.05, 0) is 68.6 Å². The molecule has 0 amide bonds. The number of fused-ring (bicyclic) bond motifs is 1. The number of nitrogens with zero attached hydrogens (tertiary/aromatic N) is 2. The Hall–Kier alpha value is -2.37. The molecular weight excluding hydrogens is 340 g/mol. The quantitative estimate of drug-likeness (QED) is 0.518. The highest BCUT2D eigenvalue weighted by Gasteiger charge is 2.18. The van der Waals surface area contributed by atoms with E-state index in [2.05, 4.69) is 53.4 Å². The Labute approximate surface area is 158 Å². The monoisotopic (exact) mass is 364 g/mol. The van der Waals surface area contributed by atoms with Gasteiger partial charge in [0.2, 0.25) is 0 Å². The second-order valence-electron chi connectivity index (χ2n) is 7.03. The lowest BCUT2D eigenvalue weighted by atomic mass is 9.90. The molecule has 1 aliphatic carbocycles. The molecule has 3 aromatic rings. The minimum absolute atomic E-state index is 0.571. The van der Waals surface area contributed by atoms with Crippen LogP contribution in [0, 0.1) is 0 Å². The fourth-order valence-corrected chi connectivity index (χ4v) is 4.22. The highest BCUT2D eigenvalue weighted by Crippen LogP contribution is 2.34. The zero-order chi connectivity index (χ0) is 18.1. The van der Waals surface area contributed by atoms with Crippen LogP contribution in [0.2, 0.25) is 0 Å². The average Bonchev–Trinajstić information content (AvgIpc) is 3.31. The third-order valence-corrected chi connectivity index (χ3v) is 6.04. The van der Waals surface area contributed by atoms with Gasteiger partial charge in [0.25, 0.3) is 0 Å². The van der Waals surface area contributed by atoms with E-state index >= 15 is 0 Å². The number of hydrogen-bond donors (Lipinski definition) is 2. The maximum Gasteiger partial charge on any atom is 0.141 e. The van der Waals surface area contributed by atoms with Gasteiger partial charge in [0, 0.05) is 28.7 Å². The zero-order valence-electron chi connectivity index (χ0n) is 15.2. The molecule has 26 heavy (non-hydrogen) atoms.